The highest BCUT2D eigenvalue weighted by molar-refractivity contribution is 5.69. The molecule has 0 aromatic carbocycles. The normalized spacial score (nSPS) is 27.9. The molecule has 3 saturated carbocycles. The number of amides is 3. The topological polar surface area (TPSA) is 118 Å². The van der Waals surface area contributed by atoms with Crippen LogP contribution in [0.1, 0.15) is 200 Å². The van der Waals surface area contributed by atoms with E-state index in [1.54, 1.807) is 0 Å². The lowest BCUT2D eigenvalue weighted by atomic mass is 9.47. The molecular weight excluding hydrogens is 765 g/mol. The van der Waals surface area contributed by atoms with Crippen molar-refractivity contribution in [3.63, 3.8) is 0 Å². The van der Waals surface area contributed by atoms with E-state index in [1.807, 2.05) is 74.1 Å². The van der Waals surface area contributed by atoms with Crippen molar-refractivity contribution in [2.24, 2.45) is 40.4 Å². The third kappa shape index (κ3) is 15.3. The Bertz CT molecular complexity index is 1480. The summed E-state index contributed by atoms with van der Waals surface area (Å²) in [5.74, 6) is 4.07. The van der Waals surface area contributed by atoms with Crippen molar-refractivity contribution in [2.45, 2.75) is 228 Å². The minimum atomic E-state index is -0.594. The smallest absolute Gasteiger partial charge is 0.410 e. The van der Waals surface area contributed by atoms with Gasteiger partial charge >= 0.3 is 18.3 Å². The second kappa shape index (κ2) is 21.0. The molecule has 0 spiro atoms. The molecule has 352 valence electrons. The summed E-state index contributed by atoms with van der Waals surface area (Å²) in [4.78, 5) is 40.9. The first-order chi connectivity index (χ1) is 28.2. The van der Waals surface area contributed by atoms with Crippen LogP contribution in [0, 0.1) is 40.4 Å². The van der Waals surface area contributed by atoms with Crippen molar-refractivity contribution in [2.75, 3.05) is 26.2 Å². The van der Waals surface area contributed by atoms with Gasteiger partial charge in [-0.25, -0.2) is 14.4 Å². The maximum atomic E-state index is 14.1. The third-order valence-electron chi connectivity index (χ3n) is 15.0. The van der Waals surface area contributed by atoms with Gasteiger partial charge in [0.1, 0.15) is 17.3 Å². The number of ether oxygens (including phenoxy) is 3. The molecule has 0 heterocycles. The highest BCUT2D eigenvalue weighted by Crippen LogP contribution is 2.67. The van der Waals surface area contributed by atoms with Gasteiger partial charge in [0, 0.05) is 30.6 Å². The number of nitrogens with zero attached hydrogens (tertiary/aromatic N) is 1. The summed E-state index contributed by atoms with van der Waals surface area (Å²) in [5, 5.41) is 9.50. The monoisotopic (exact) mass is 857 g/mol. The molecule has 0 bridgehead atoms. The number of carbonyl (C=O) groups excluding carboxylic acids is 3. The van der Waals surface area contributed by atoms with Crippen LogP contribution in [-0.4, -0.2) is 77.7 Å². The third-order valence-corrected chi connectivity index (χ3v) is 15.0. The second-order valence-corrected chi connectivity index (χ2v) is 24.0. The number of nitrogens with one attached hydrogen (secondary N) is 3. The molecule has 0 saturated heterocycles. The predicted octanol–water partition coefficient (Wildman–Crippen LogP) is 12.3. The van der Waals surface area contributed by atoms with Crippen LogP contribution in [0.25, 0.3) is 0 Å². The lowest BCUT2D eigenvalue weighted by Gasteiger charge is -2.58. The van der Waals surface area contributed by atoms with Gasteiger partial charge < -0.3 is 35.1 Å². The standard InChI is InChI=1S/C51H92N4O6/c1-36(2)19-15-16-20-37-22-24-41-40-23-21-38-35-39(25-27-51(38,14)42(40)26-28-50(37,41)13)59-45(58)55(34-30-49(11,12)54-44(57)61-47(6,7)8)33-18-17-31-52-32-29-48(9,10)53-43(56)60-46(3,4)5/h21,36-37,39-42,52H,15-20,22-35H2,1-14H3,(H,53,56)(H,54,57). The van der Waals surface area contributed by atoms with Gasteiger partial charge in [-0.05, 0) is 200 Å². The largest absolute Gasteiger partial charge is 0.446 e. The molecule has 61 heavy (non-hydrogen) atoms. The summed E-state index contributed by atoms with van der Waals surface area (Å²) in [7, 11) is 0. The number of hydrogen-bond donors (Lipinski definition) is 3. The van der Waals surface area contributed by atoms with Crippen molar-refractivity contribution in [1.82, 2.24) is 20.9 Å². The van der Waals surface area contributed by atoms with E-state index in [4.69, 9.17) is 14.2 Å². The fourth-order valence-electron chi connectivity index (χ4n) is 11.5. The van der Waals surface area contributed by atoms with Gasteiger partial charge in [-0.15, -0.1) is 0 Å². The number of alkyl carbamates (subject to hydrolysis) is 2. The van der Waals surface area contributed by atoms with Crippen molar-refractivity contribution in [3.8, 4) is 0 Å². The van der Waals surface area contributed by atoms with E-state index in [0.717, 1.165) is 81.2 Å². The minimum absolute atomic E-state index is 0.117. The minimum Gasteiger partial charge on any atom is -0.446 e. The fraction of sp³-hybridized carbons (Fsp3) is 0.902. The zero-order valence-corrected chi connectivity index (χ0v) is 41.6. The summed E-state index contributed by atoms with van der Waals surface area (Å²) in [6.07, 6.45) is 19.5. The zero-order chi connectivity index (χ0) is 45.4. The molecule has 4 aliphatic carbocycles. The van der Waals surface area contributed by atoms with Crippen LogP contribution in [0.5, 0.6) is 0 Å². The fourth-order valence-corrected chi connectivity index (χ4v) is 11.5. The number of fused-ring (bicyclic) bond motifs is 5. The zero-order valence-electron chi connectivity index (χ0n) is 41.6. The summed E-state index contributed by atoms with van der Waals surface area (Å²) in [6.45, 7) is 31.6. The molecule has 4 rings (SSSR count). The molecule has 4 aliphatic rings. The Morgan fingerprint density at radius 3 is 2.02 bits per heavy atom. The molecule has 0 aliphatic heterocycles. The summed E-state index contributed by atoms with van der Waals surface area (Å²) >= 11 is 0. The van der Waals surface area contributed by atoms with Gasteiger partial charge in [0.15, 0.2) is 0 Å². The van der Waals surface area contributed by atoms with Crippen molar-refractivity contribution in [3.05, 3.63) is 11.6 Å². The van der Waals surface area contributed by atoms with Gasteiger partial charge in [-0.3, -0.25) is 0 Å². The van der Waals surface area contributed by atoms with Gasteiger partial charge in [0.25, 0.3) is 0 Å². The number of carbonyl (C=O) groups is 3. The Labute approximate surface area is 373 Å². The molecule has 7 atom stereocenters. The van der Waals surface area contributed by atoms with E-state index in [-0.39, 0.29) is 17.6 Å². The Morgan fingerprint density at radius 2 is 1.39 bits per heavy atom. The quantitative estimate of drug-likeness (QED) is 0.0672. The lowest BCUT2D eigenvalue weighted by Crippen LogP contribution is -2.51. The van der Waals surface area contributed by atoms with Gasteiger partial charge in [0.2, 0.25) is 0 Å². The summed E-state index contributed by atoms with van der Waals surface area (Å²) in [6, 6.07) is 0. The molecule has 3 N–H and O–H groups in total. The van der Waals surface area contributed by atoms with Crippen LogP contribution in [0.2, 0.25) is 0 Å². The van der Waals surface area contributed by atoms with E-state index >= 15 is 0 Å². The van der Waals surface area contributed by atoms with Crippen LogP contribution < -0.4 is 16.0 Å². The molecule has 3 fully saturated rings. The maximum absolute atomic E-state index is 14.1. The average Bonchev–Trinajstić information content (AvgIpc) is 3.44. The Morgan fingerprint density at radius 1 is 0.754 bits per heavy atom. The van der Waals surface area contributed by atoms with Crippen molar-refractivity contribution in [1.29, 1.82) is 0 Å². The van der Waals surface area contributed by atoms with Crippen LogP contribution >= 0.6 is 0 Å². The molecule has 0 aromatic rings. The maximum Gasteiger partial charge on any atom is 0.410 e. The molecule has 0 radical (unpaired) electrons. The van der Waals surface area contributed by atoms with E-state index in [0.29, 0.717) is 24.9 Å². The molecule has 7 unspecified atom stereocenters. The van der Waals surface area contributed by atoms with Gasteiger partial charge in [-0.1, -0.05) is 58.6 Å². The van der Waals surface area contributed by atoms with Gasteiger partial charge in [0.05, 0.1) is 0 Å². The van der Waals surface area contributed by atoms with Crippen molar-refractivity contribution < 1.29 is 28.6 Å². The first kappa shape index (κ1) is 51.1. The molecule has 10 heteroatoms. The summed E-state index contributed by atoms with van der Waals surface area (Å²) in [5.41, 5.74) is 0.113. The van der Waals surface area contributed by atoms with Crippen LogP contribution in [0.4, 0.5) is 14.4 Å². The molecule has 3 amide bonds. The predicted molar refractivity (Wildman–Crippen MR) is 249 cm³/mol. The highest BCUT2D eigenvalue weighted by Gasteiger charge is 2.58. The highest BCUT2D eigenvalue weighted by atomic mass is 16.6. The van der Waals surface area contributed by atoms with E-state index in [2.05, 4.69) is 49.7 Å². The lowest BCUT2D eigenvalue weighted by molar-refractivity contribution is -0.0534. The van der Waals surface area contributed by atoms with Gasteiger partial charge in [-0.2, -0.15) is 0 Å². The number of hydrogen-bond acceptors (Lipinski definition) is 7. The van der Waals surface area contributed by atoms with Crippen LogP contribution in [0.15, 0.2) is 11.6 Å². The van der Waals surface area contributed by atoms with E-state index in [9.17, 15) is 14.4 Å². The Balaban J connectivity index is 1.32. The van der Waals surface area contributed by atoms with E-state index in [1.165, 1.54) is 63.4 Å². The van der Waals surface area contributed by atoms with Crippen molar-refractivity contribution >= 4 is 18.3 Å². The number of rotatable bonds is 19. The first-order valence-corrected chi connectivity index (χ1v) is 24.6. The number of allylic oxidation sites excluding steroid dienone is 1. The van der Waals surface area contributed by atoms with Crippen LogP contribution in [0.3, 0.4) is 0 Å². The Kier molecular flexibility index (Phi) is 17.6. The van der Waals surface area contributed by atoms with Crippen LogP contribution in [-0.2, 0) is 14.2 Å². The Hall–Kier alpha value is -2.49. The number of unbranched alkanes of at least 4 members (excludes halogenated alkanes) is 2. The van der Waals surface area contributed by atoms with E-state index < -0.39 is 34.5 Å². The molecule has 10 nitrogen and oxygen atoms in total. The second-order valence-electron chi connectivity index (χ2n) is 24.0. The SMILES string of the molecule is CC(C)CCCCC1CCC2C3CC=C4CC(OC(=O)N(CCCCNCCC(C)(C)NC(=O)OC(C)(C)C)CCC(C)(C)NC(=O)OC(C)(C)C)CCC4(C)C3CCC12C. The first-order valence-electron chi connectivity index (χ1n) is 24.6. The molecular formula is C51H92N4O6. The molecule has 0 aromatic heterocycles. The average molecular weight is 857 g/mol. The summed E-state index contributed by atoms with van der Waals surface area (Å²) < 4.78 is 17.4.